The van der Waals surface area contributed by atoms with E-state index in [1.165, 1.54) is 12.1 Å². The lowest BCUT2D eigenvalue weighted by atomic mass is 9.85. The first-order valence-corrected chi connectivity index (χ1v) is 12.1. The Morgan fingerprint density at radius 2 is 1.77 bits per heavy atom. The first-order valence-electron chi connectivity index (χ1n) is 12.1. The van der Waals surface area contributed by atoms with Gasteiger partial charge in [0.05, 0.1) is 5.56 Å². The molecule has 1 fully saturated rings. The normalized spacial score (nSPS) is 14.6. The number of carbonyl (C=O) groups excluding carboxylic acids is 3. The van der Waals surface area contributed by atoms with Crippen LogP contribution < -0.4 is 11.1 Å². The highest BCUT2D eigenvalue weighted by molar-refractivity contribution is 6.07. The number of H-pyrrole nitrogens is 1. The van der Waals surface area contributed by atoms with Crippen molar-refractivity contribution in [1.82, 2.24) is 15.2 Å². The number of benzene rings is 2. The third-order valence-electron chi connectivity index (χ3n) is 6.33. The van der Waals surface area contributed by atoms with Gasteiger partial charge >= 0.3 is 12.3 Å². The van der Waals surface area contributed by atoms with Gasteiger partial charge in [0.15, 0.2) is 0 Å². The number of guanidine groups is 1. The topological polar surface area (TPSA) is 130 Å². The van der Waals surface area contributed by atoms with Crippen LogP contribution in [0, 0.1) is 0 Å². The van der Waals surface area contributed by atoms with Crippen LogP contribution in [0.4, 0.5) is 18.0 Å². The second-order valence-corrected chi connectivity index (χ2v) is 8.94. The maximum absolute atomic E-state index is 14.0. The molecule has 0 spiro atoms. The van der Waals surface area contributed by atoms with Crippen molar-refractivity contribution in [2.45, 2.75) is 31.5 Å². The molecule has 1 saturated heterocycles. The van der Waals surface area contributed by atoms with Gasteiger partial charge in [-0.1, -0.05) is 36.4 Å². The van der Waals surface area contributed by atoms with Gasteiger partial charge in [-0.15, -0.1) is 4.99 Å². The predicted octanol–water partition coefficient (Wildman–Crippen LogP) is 4.43. The van der Waals surface area contributed by atoms with Crippen molar-refractivity contribution in [3.63, 3.8) is 0 Å². The number of halogens is 3. The van der Waals surface area contributed by atoms with Crippen molar-refractivity contribution in [1.29, 1.82) is 0 Å². The largest absolute Gasteiger partial charge is 0.443 e. The number of ether oxygens (including phenoxy) is 1. The number of amides is 3. The standard InChI is InChI=1S/C27H26F3N5O4/c28-27(29,30)21-15-19(23(36)33-25(31)34-26(38)39-16-17-5-2-1-3-6-17)8-9-20(21)18-10-13-35(14-11-18)24(37)22-7-4-12-32-22/h1-9,12,15,18,32H,10-11,13-14,16H2,(H3,31,33,34,36,38). The summed E-state index contributed by atoms with van der Waals surface area (Å²) >= 11 is 0. The third-order valence-corrected chi connectivity index (χ3v) is 6.33. The number of nitrogens with one attached hydrogen (secondary N) is 2. The lowest BCUT2D eigenvalue weighted by molar-refractivity contribution is -0.138. The van der Waals surface area contributed by atoms with E-state index in [0.717, 1.165) is 6.07 Å². The highest BCUT2D eigenvalue weighted by atomic mass is 19.4. The molecule has 0 aliphatic carbocycles. The molecule has 39 heavy (non-hydrogen) atoms. The smallest absolute Gasteiger partial charge is 0.437 e. The number of nitrogens with zero attached hydrogens (tertiary/aromatic N) is 2. The number of rotatable bonds is 5. The molecule has 0 atom stereocenters. The molecule has 2 heterocycles. The maximum atomic E-state index is 14.0. The van der Waals surface area contributed by atoms with Crippen LogP contribution in [0.25, 0.3) is 0 Å². The minimum atomic E-state index is -4.72. The number of likely N-dealkylation sites (tertiary alicyclic amines) is 1. The molecular formula is C27H26F3N5O4. The fourth-order valence-electron chi connectivity index (χ4n) is 4.39. The SMILES string of the molecule is N/C(=N/C(=O)OCc1ccccc1)NC(=O)c1ccc(C2CCN(C(=O)c3ccc[nH]3)CC2)c(C(F)(F)F)c1. The summed E-state index contributed by atoms with van der Waals surface area (Å²) in [6.07, 6.45) is -3.48. The molecule has 0 bridgehead atoms. The molecule has 4 N–H and O–H groups in total. The summed E-state index contributed by atoms with van der Waals surface area (Å²) in [4.78, 5) is 44.8. The fourth-order valence-corrected chi connectivity index (χ4v) is 4.39. The van der Waals surface area contributed by atoms with Gasteiger partial charge in [-0.2, -0.15) is 13.2 Å². The predicted molar refractivity (Wildman–Crippen MR) is 136 cm³/mol. The van der Waals surface area contributed by atoms with Crippen molar-refractivity contribution in [2.24, 2.45) is 10.7 Å². The quantitative estimate of drug-likeness (QED) is 0.325. The Hall–Kier alpha value is -4.61. The van der Waals surface area contributed by atoms with Crippen LogP contribution in [0.1, 0.15) is 56.3 Å². The Balaban J connectivity index is 1.40. The molecular weight excluding hydrogens is 515 g/mol. The summed E-state index contributed by atoms with van der Waals surface area (Å²) in [7, 11) is 0. The van der Waals surface area contributed by atoms with Crippen LogP contribution in [0.3, 0.4) is 0 Å². The van der Waals surface area contributed by atoms with Crippen LogP contribution in [-0.4, -0.2) is 46.8 Å². The number of aromatic amines is 1. The van der Waals surface area contributed by atoms with Gasteiger partial charge in [0, 0.05) is 24.8 Å². The number of aromatic nitrogens is 1. The second kappa shape index (κ2) is 11.8. The van der Waals surface area contributed by atoms with Crippen molar-refractivity contribution < 1.29 is 32.3 Å². The van der Waals surface area contributed by atoms with Crippen LogP contribution >= 0.6 is 0 Å². The molecule has 12 heteroatoms. The van der Waals surface area contributed by atoms with E-state index in [1.54, 1.807) is 53.6 Å². The zero-order valence-electron chi connectivity index (χ0n) is 20.7. The average molecular weight is 542 g/mol. The van der Waals surface area contributed by atoms with Gasteiger partial charge < -0.3 is 20.4 Å². The summed E-state index contributed by atoms with van der Waals surface area (Å²) in [5.41, 5.74) is 5.52. The molecule has 0 saturated carbocycles. The molecule has 204 valence electrons. The number of alkyl halides is 3. The lowest BCUT2D eigenvalue weighted by Crippen LogP contribution is -2.38. The van der Waals surface area contributed by atoms with Gasteiger partial charge in [-0.25, -0.2) is 4.79 Å². The molecule has 0 radical (unpaired) electrons. The van der Waals surface area contributed by atoms with Gasteiger partial charge in [0.2, 0.25) is 5.96 Å². The zero-order valence-corrected chi connectivity index (χ0v) is 20.7. The Kier molecular flexibility index (Phi) is 8.33. The van der Waals surface area contributed by atoms with Crippen molar-refractivity contribution in [2.75, 3.05) is 13.1 Å². The summed E-state index contributed by atoms with van der Waals surface area (Å²) in [6.45, 7) is 0.532. The van der Waals surface area contributed by atoms with Crippen LogP contribution in [0.2, 0.25) is 0 Å². The van der Waals surface area contributed by atoms with E-state index < -0.39 is 35.6 Å². The first-order chi connectivity index (χ1) is 18.6. The lowest BCUT2D eigenvalue weighted by Gasteiger charge is -2.33. The molecule has 0 unspecified atom stereocenters. The van der Waals surface area contributed by atoms with Crippen molar-refractivity contribution in [3.05, 3.63) is 94.8 Å². The average Bonchev–Trinajstić information content (AvgIpc) is 3.46. The minimum Gasteiger partial charge on any atom is -0.443 e. The van der Waals surface area contributed by atoms with Crippen molar-refractivity contribution >= 4 is 23.9 Å². The fraction of sp³-hybridized carbons (Fsp3) is 0.259. The first kappa shape index (κ1) is 27.4. The Bertz CT molecular complexity index is 1350. The summed E-state index contributed by atoms with van der Waals surface area (Å²) in [6, 6.07) is 15.4. The molecule has 4 rings (SSSR count). The number of piperidine rings is 1. The Morgan fingerprint density at radius 1 is 1.05 bits per heavy atom. The highest BCUT2D eigenvalue weighted by Crippen LogP contribution is 2.39. The molecule has 3 aromatic rings. The van der Waals surface area contributed by atoms with Gasteiger partial charge in [0.25, 0.3) is 11.8 Å². The van der Waals surface area contributed by atoms with Crippen LogP contribution in [0.15, 0.2) is 71.9 Å². The summed E-state index contributed by atoms with van der Waals surface area (Å²) in [5.74, 6) is -2.23. The van der Waals surface area contributed by atoms with E-state index in [0.29, 0.717) is 37.2 Å². The van der Waals surface area contributed by atoms with E-state index in [9.17, 15) is 27.6 Å². The molecule has 2 aromatic carbocycles. The summed E-state index contributed by atoms with van der Waals surface area (Å²) in [5, 5.41) is 2.11. The molecule has 3 amide bonds. The molecule has 1 aliphatic heterocycles. The van der Waals surface area contributed by atoms with Gasteiger partial charge in [-0.05, 0) is 54.2 Å². The number of hydrogen-bond acceptors (Lipinski definition) is 4. The van der Waals surface area contributed by atoms with Crippen LogP contribution in [0.5, 0.6) is 0 Å². The summed E-state index contributed by atoms with van der Waals surface area (Å²) < 4.78 is 46.9. The van der Waals surface area contributed by atoms with E-state index in [2.05, 4.69) is 15.3 Å². The Labute approximate surface area is 221 Å². The minimum absolute atomic E-state index is 0.0529. The van der Waals surface area contributed by atoms with E-state index >= 15 is 0 Å². The van der Waals surface area contributed by atoms with Crippen LogP contribution in [-0.2, 0) is 17.5 Å². The molecule has 1 aromatic heterocycles. The van der Waals surface area contributed by atoms with E-state index in [-0.39, 0.29) is 23.6 Å². The third kappa shape index (κ3) is 7.03. The second-order valence-electron chi connectivity index (χ2n) is 8.94. The molecule has 1 aliphatic rings. The molecule has 9 nitrogen and oxygen atoms in total. The number of aliphatic imine (C=N–C) groups is 1. The maximum Gasteiger partial charge on any atom is 0.437 e. The van der Waals surface area contributed by atoms with Gasteiger partial charge in [0.1, 0.15) is 12.3 Å². The monoisotopic (exact) mass is 541 g/mol. The van der Waals surface area contributed by atoms with Crippen molar-refractivity contribution in [3.8, 4) is 0 Å². The van der Waals surface area contributed by atoms with Gasteiger partial charge in [-0.3, -0.25) is 14.9 Å². The number of hydrogen-bond donors (Lipinski definition) is 3. The number of nitrogens with two attached hydrogens (primary N) is 1. The zero-order chi connectivity index (χ0) is 28.0. The van der Waals surface area contributed by atoms with E-state index in [4.69, 9.17) is 10.5 Å². The highest BCUT2D eigenvalue weighted by Gasteiger charge is 2.37. The van der Waals surface area contributed by atoms with E-state index in [1.807, 2.05) is 0 Å². The Morgan fingerprint density at radius 3 is 2.41 bits per heavy atom. The number of carbonyl (C=O) groups is 3.